The maximum absolute atomic E-state index is 12.4. The van der Waals surface area contributed by atoms with Crippen LogP contribution >= 0.6 is 0 Å². The average molecular weight is 339 g/mol. The molecule has 0 radical (unpaired) electrons. The van der Waals surface area contributed by atoms with Crippen molar-refractivity contribution in [3.05, 3.63) is 36.5 Å². The molecular formula is C17H21N7O. The maximum atomic E-state index is 12.4. The lowest BCUT2D eigenvalue weighted by molar-refractivity contribution is 0.248. The third-order valence-corrected chi connectivity index (χ3v) is 4.78. The summed E-state index contributed by atoms with van der Waals surface area (Å²) in [6.07, 6.45) is 8.26. The Morgan fingerprint density at radius 2 is 2.20 bits per heavy atom. The molecule has 1 fully saturated rings. The zero-order valence-electron chi connectivity index (χ0n) is 14.1. The van der Waals surface area contributed by atoms with E-state index < -0.39 is 0 Å². The van der Waals surface area contributed by atoms with Gasteiger partial charge in [-0.05, 0) is 25.8 Å². The van der Waals surface area contributed by atoms with Gasteiger partial charge in [0, 0.05) is 11.4 Å². The molecule has 1 unspecified atom stereocenters. The monoisotopic (exact) mass is 339 g/mol. The van der Waals surface area contributed by atoms with E-state index in [0.717, 1.165) is 29.6 Å². The van der Waals surface area contributed by atoms with Crippen molar-refractivity contribution in [3.8, 4) is 0 Å². The van der Waals surface area contributed by atoms with Gasteiger partial charge in [0.05, 0.1) is 23.4 Å². The quantitative estimate of drug-likeness (QED) is 0.679. The number of H-pyrrole nitrogens is 1. The van der Waals surface area contributed by atoms with Gasteiger partial charge in [-0.15, -0.1) is 10.2 Å². The number of nitrogens with zero attached hydrogens (tertiary/aromatic N) is 4. The molecule has 130 valence electrons. The molecule has 2 heterocycles. The third-order valence-electron chi connectivity index (χ3n) is 4.78. The van der Waals surface area contributed by atoms with E-state index >= 15 is 0 Å². The van der Waals surface area contributed by atoms with Crippen LogP contribution in [0.2, 0.25) is 0 Å². The normalized spacial score (nSPS) is 16.2. The van der Waals surface area contributed by atoms with Crippen molar-refractivity contribution in [1.82, 2.24) is 30.3 Å². The van der Waals surface area contributed by atoms with Gasteiger partial charge in [0.25, 0.3) is 0 Å². The van der Waals surface area contributed by atoms with Crippen molar-refractivity contribution in [2.75, 3.05) is 5.32 Å². The van der Waals surface area contributed by atoms with Crippen LogP contribution in [0.3, 0.4) is 0 Å². The smallest absolute Gasteiger partial charge is 0.319 e. The van der Waals surface area contributed by atoms with Crippen molar-refractivity contribution in [3.63, 3.8) is 0 Å². The fourth-order valence-electron chi connectivity index (χ4n) is 3.52. The number of amides is 2. The van der Waals surface area contributed by atoms with Crippen LogP contribution < -0.4 is 10.6 Å². The van der Waals surface area contributed by atoms with Gasteiger partial charge < -0.3 is 15.2 Å². The molecule has 1 aliphatic carbocycles. The van der Waals surface area contributed by atoms with Gasteiger partial charge in [-0.3, -0.25) is 5.10 Å². The first-order chi connectivity index (χ1) is 12.2. The van der Waals surface area contributed by atoms with E-state index in [1.54, 1.807) is 12.5 Å². The molecule has 0 aliphatic heterocycles. The van der Waals surface area contributed by atoms with Crippen LogP contribution in [-0.2, 0) is 0 Å². The number of rotatable bonds is 4. The number of anilines is 1. The average Bonchev–Trinajstić information content (AvgIpc) is 3.34. The number of carbonyl (C=O) groups is 1. The molecule has 2 amide bonds. The SMILES string of the molecule is CC(NC(=O)Nc1cccc2cn[nH]c12)c1nncn1C1CCCC1. The fourth-order valence-corrected chi connectivity index (χ4v) is 3.52. The highest BCUT2D eigenvalue weighted by molar-refractivity contribution is 5.99. The van der Waals surface area contributed by atoms with E-state index in [2.05, 4.69) is 35.6 Å². The summed E-state index contributed by atoms with van der Waals surface area (Å²) < 4.78 is 2.10. The third kappa shape index (κ3) is 3.07. The van der Waals surface area contributed by atoms with Crippen molar-refractivity contribution in [2.45, 2.75) is 44.7 Å². The summed E-state index contributed by atoms with van der Waals surface area (Å²) in [5, 5.41) is 21.9. The molecule has 2 aromatic heterocycles. The number of fused-ring (bicyclic) bond motifs is 1. The summed E-state index contributed by atoms with van der Waals surface area (Å²) in [5.41, 5.74) is 1.50. The number of para-hydroxylation sites is 1. The van der Waals surface area contributed by atoms with Gasteiger partial charge in [0.1, 0.15) is 6.33 Å². The minimum absolute atomic E-state index is 0.232. The Balaban J connectivity index is 1.46. The Bertz CT molecular complexity index is 878. The molecule has 1 atom stereocenters. The van der Waals surface area contributed by atoms with E-state index in [1.807, 2.05) is 25.1 Å². The molecule has 1 aromatic carbocycles. The number of benzene rings is 1. The summed E-state index contributed by atoms with van der Waals surface area (Å²) in [5.74, 6) is 0.793. The molecule has 3 N–H and O–H groups in total. The van der Waals surface area contributed by atoms with E-state index in [4.69, 9.17) is 0 Å². The number of carbonyl (C=O) groups excluding carboxylic acids is 1. The standard InChI is InChI=1S/C17H21N7O/c1-11(16-23-19-10-24(16)13-6-2-3-7-13)20-17(25)21-14-8-4-5-12-9-18-22-15(12)14/h4-5,8-11,13H,2-3,6-7H2,1H3,(H,18,22)(H2,20,21,25). The molecule has 8 nitrogen and oxygen atoms in total. The van der Waals surface area contributed by atoms with Crippen LogP contribution in [0.25, 0.3) is 10.9 Å². The first-order valence-electron chi connectivity index (χ1n) is 8.61. The number of hydrogen-bond donors (Lipinski definition) is 3. The second kappa shape index (κ2) is 6.54. The predicted molar refractivity (Wildman–Crippen MR) is 94.2 cm³/mol. The Kier molecular flexibility index (Phi) is 4.09. The predicted octanol–water partition coefficient (Wildman–Crippen LogP) is 3.15. The summed E-state index contributed by atoms with van der Waals surface area (Å²) in [7, 11) is 0. The molecule has 0 saturated heterocycles. The van der Waals surface area contributed by atoms with Gasteiger partial charge in [-0.1, -0.05) is 25.0 Å². The lowest BCUT2D eigenvalue weighted by atomic mass is 10.2. The Morgan fingerprint density at radius 3 is 3.04 bits per heavy atom. The molecule has 0 spiro atoms. The summed E-state index contributed by atoms with van der Waals surface area (Å²) in [6, 6.07) is 5.59. The van der Waals surface area contributed by atoms with E-state index in [1.165, 1.54) is 12.8 Å². The Morgan fingerprint density at radius 1 is 1.36 bits per heavy atom. The van der Waals surface area contributed by atoms with Gasteiger partial charge >= 0.3 is 6.03 Å². The maximum Gasteiger partial charge on any atom is 0.319 e. The largest absolute Gasteiger partial charge is 0.328 e. The summed E-state index contributed by atoms with van der Waals surface area (Å²) in [4.78, 5) is 12.4. The van der Waals surface area contributed by atoms with E-state index in [0.29, 0.717) is 11.7 Å². The van der Waals surface area contributed by atoms with Crippen LogP contribution in [0.4, 0.5) is 10.5 Å². The fraction of sp³-hybridized carbons (Fsp3) is 0.412. The summed E-state index contributed by atoms with van der Waals surface area (Å²) >= 11 is 0. The van der Waals surface area contributed by atoms with Gasteiger partial charge in [0.15, 0.2) is 5.82 Å². The molecule has 0 bridgehead atoms. The second-order valence-corrected chi connectivity index (χ2v) is 6.49. The van der Waals surface area contributed by atoms with Gasteiger partial charge in [-0.2, -0.15) is 5.10 Å². The molecule has 1 saturated carbocycles. The summed E-state index contributed by atoms with van der Waals surface area (Å²) in [6.45, 7) is 1.92. The van der Waals surface area contributed by atoms with Crippen molar-refractivity contribution in [1.29, 1.82) is 0 Å². The van der Waals surface area contributed by atoms with Gasteiger partial charge in [0.2, 0.25) is 0 Å². The number of hydrogen-bond acceptors (Lipinski definition) is 4. The lowest BCUT2D eigenvalue weighted by Gasteiger charge is -2.19. The van der Waals surface area contributed by atoms with Crippen molar-refractivity contribution in [2.24, 2.45) is 0 Å². The molecular weight excluding hydrogens is 318 g/mol. The van der Waals surface area contributed by atoms with Crippen LogP contribution in [0.15, 0.2) is 30.7 Å². The molecule has 1 aliphatic rings. The van der Waals surface area contributed by atoms with Crippen LogP contribution in [0, 0.1) is 0 Å². The Hall–Kier alpha value is -2.90. The number of aromatic nitrogens is 5. The van der Waals surface area contributed by atoms with Gasteiger partial charge in [-0.25, -0.2) is 4.79 Å². The molecule has 8 heteroatoms. The Labute approximate surface area is 145 Å². The van der Waals surface area contributed by atoms with Crippen LogP contribution in [0.1, 0.15) is 50.5 Å². The number of urea groups is 1. The van der Waals surface area contributed by atoms with Crippen LogP contribution in [0.5, 0.6) is 0 Å². The van der Waals surface area contributed by atoms with E-state index in [9.17, 15) is 4.79 Å². The lowest BCUT2D eigenvalue weighted by Crippen LogP contribution is -2.33. The first kappa shape index (κ1) is 15.6. The second-order valence-electron chi connectivity index (χ2n) is 6.49. The first-order valence-corrected chi connectivity index (χ1v) is 8.61. The minimum atomic E-state index is -0.282. The molecule has 4 rings (SSSR count). The van der Waals surface area contributed by atoms with Crippen LogP contribution in [-0.4, -0.2) is 31.0 Å². The zero-order valence-corrected chi connectivity index (χ0v) is 14.1. The topological polar surface area (TPSA) is 101 Å². The van der Waals surface area contributed by atoms with Crippen molar-refractivity contribution >= 4 is 22.6 Å². The number of nitrogens with one attached hydrogen (secondary N) is 3. The molecule has 25 heavy (non-hydrogen) atoms. The highest BCUT2D eigenvalue weighted by Crippen LogP contribution is 2.31. The molecule has 3 aromatic rings. The van der Waals surface area contributed by atoms with E-state index in [-0.39, 0.29) is 12.1 Å². The zero-order chi connectivity index (χ0) is 17.2. The van der Waals surface area contributed by atoms with Crippen molar-refractivity contribution < 1.29 is 4.79 Å². The highest BCUT2D eigenvalue weighted by Gasteiger charge is 2.23. The highest BCUT2D eigenvalue weighted by atomic mass is 16.2. The number of aromatic amines is 1. The minimum Gasteiger partial charge on any atom is -0.328 e.